The van der Waals surface area contributed by atoms with Crippen molar-refractivity contribution >= 4 is 22.9 Å². The summed E-state index contributed by atoms with van der Waals surface area (Å²) in [5.41, 5.74) is 3.51. The highest BCUT2D eigenvalue weighted by Crippen LogP contribution is 2.28. The van der Waals surface area contributed by atoms with E-state index in [-0.39, 0.29) is 11.9 Å². The fraction of sp³-hybridized carbons (Fsp3) is 0.389. The largest absolute Gasteiger partial charge is 0.493 e. The van der Waals surface area contributed by atoms with Crippen molar-refractivity contribution in [2.24, 2.45) is 0 Å². The number of benzene rings is 1. The minimum absolute atomic E-state index is 0.165. The number of thiophene rings is 1. The number of fused-ring (bicyclic) bond motifs is 2. The average molecular weight is 328 g/mol. The van der Waals surface area contributed by atoms with E-state index >= 15 is 0 Å². The molecule has 4 rings (SSSR count). The Morgan fingerprint density at radius 3 is 3.13 bits per heavy atom. The number of carbonyl (C=O) groups is 1. The normalized spacial score (nSPS) is 17.2. The van der Waals surface area contributed by atoms with Gasteiger partial charge in [-0.2, -0.15) is 0 Å². The molecule has 2 aliphatic rings. The molecule has 0 spiro atoms. The summed E-state index contributed by atoms with van der Waals surface area (Å²) < 4.78 is 5.52. The van der Waals surface area contributed by atoms with Crippen LogP contribution in [0.3, 0.4) is 0 Å². The van der Waals surface area contributed by atoms with E-state index in [1.54, 1.807) is 11.3 Å². The van der Waals surface area contributed by atoms with Crippen molar-refractivity contribution in [1.29, 1.82) is 0 Å². The number of ether oxygens (including phenoxy) is 1. The van der Waals surface area contributed by atoms with E-state index in [1.165, 1.54) is 16.0 Å². The molecule has 2 aliphatic heterocycles. The third kappa shape index (κ3) is 2.81. The number of hydrogen-bond donors (Lipinski definition) is 1. The Morgan fingerprint density at radius 1 is 1.30 bits per heavy atom. The Hall–Kier alpha value is -2.01. The van der Waals surface area contributed by atoms with Crippen LogP contribution in [0.1, 0.15) is 22.9 Å². The fourth-order valence-electron chi connectivity index (χ4n) is 3.30. The van der Waals surface area contributed by atoms with Gasteiger partial charge in [-0.3, -0.25) is 4.79 Å². The van der Waals surface area contributed by atoms with Crippen molar-refractivity contribution in [3.63, 3.8) is 0 Å². The maximum absolute atomic E-state index is 12.7. The third-order valence-electron chi connectivity index (χ3n) is 4.56. The quantitative estimate of drug-likeness (QED) is 0.941. The van der Waals surface area contributed by atoms with E-state index in [0.29, 0.717) is 0 Å². The highest BCUT2D eigenvalue weighted by molar-refractivity contribution is 7.10. The Kier molecular flexibility index (Phi) is 3.73. The first kappa shape index (κ1) is 14.6. The summed E-state index contributed by atoms with van der Waals surface area (Å²) >= 11 is 1.80. The lowest BCUT2D eigenvalue weighted by molar-refractivity contribution is -0.132. The lowest BCUT2D eigenvalue weighted by Gasteiger charge is -2.30. The van der Waals surface area contributed by atoms with Gasteiger partial charge in [0.15, 0.2) is 0 Å². The van der Waals surface area contributed by atoms with Crippen LogP contribution >= 0.6 is 11.3 Å². The lowest BCUT2D eigenvalue weighted by atomic mass is 10.1. The van der Waals surface area contributed by atoms with Crippen molar-refractivity contribution in [2.45, 2.75) is 32.4 Å². The molecule has 0 fully saturated rings. The minimum atomic E-state index is -0.226. The van der Waals surface area contributed by atoms with Crippen molar-refractivity contribution in [3.05, 3.63) is 45.6 Å². The Morgan fingerprint density at radius 2 is 2.22 bits per heavy atom. The number of hydrogen-bond acceptors (Lipinski definition) is 4. The van der Waals surface area contributed by atoms with Gasteiger partial charge in [-0.1, -0.05) is 0 Å². The zero-order valence-electron chi connectivity index (χ0n) is 13.2. The second-order valence-corrected chi connectivity index (χ2v) is 7.17. The Balaban J connectivity index is 1.43. The Bertz CT molecular complexity index is 740. The smallest absolute Gasteiger partial charge is 0.245 e. The van der Waals surface area contributed by atoms with Gasteiger partial charge in [-0.05, 0) is 54.1 Å². The summed E-state index contributed by atoms with van der Waals surface area (Å²) in [6.07, 6.45) is 1.92. The van der Waals surface area contributed by atoms with Crippen LogP contribution in [0.15, 0.2) is 29.6 Å². The first-order chi connectivity index (χ1) is 11.2. The Labute approximate surface area is 140 Å². The highest BCUT2D eigenvalue weighted by atomic mass is 32.1. The van der Waals surface area contributed by atoms with Crippen molar-refractivity contribution in [3.8, 4) is 5.75 Å². The maximum atomic E-state index is 12.7. The van der Waals surface area contributed by atoms with E-state index in [0.717, 1.165) is 44.0 Å². The van der Waals surface area contributed by atoms with Gasteiger partial charge < -0.3 is 15.0 Å². The molecule has 23 heavy (non-hydrogen) atoms. The maximum Gasteiger partial charge on any atom is 0.245 e. The first-order valence-electron chi connectivity index (χ1n) is 8.07. The molecule has 5 heteroatoms. The van der Waals surface area contributed by atoms with E-state index < -0.39 is 0 Å². The van der Waals surface area contributed by atoms with Gasteiger partial charge in [0.2, 0.25) is 5.91 Å². The molecule has 1 N–H and O–H groups in total. The molecule has 0 saturated carbocycles. The van der Waals surface area contributed by atoms with Gasteiger partial charge in [0, 0.05) is 30.1 Å². The molecule has 0 bridgehead atoms. The molecule has 1 atom stereocenters. The predicted octanol–water partition coefficient (Wildman–Crippen LogP) is 3.07. The summed E-state index contributed by atoms with van der Waals surface area (Å²) in [5, 5.41) is 5.46. The van der Waals surface area contributed by atoms with Crippen LogP contribution in [0.4, 0.5) is 5.69 Å². The summed E-state index contributed by atoms with van der Waals surface area (Å²) in [4.78, 5) is 16.1. The van der Waals surface area contributed by atoms with E-state index in [4.69, 9.17) is 4.74 Å². The predicted molar refractivity (Wildman–Crippen MR) is 92.2 cm³/mol. The molecule has 0 radical (unpaired) electrons. The highest BCUT2D eigenvalue weighted by Gasteiger charge is 2.25. The molecule has 1 amide bonds. The van der Waals surface area contributed by atoms with Gasteiger partial charge in [0.25, 0.3) is 0 Å². The third-order valence-corrected chi connectivity index (χ3v) is 5.59. The summed E-state index contributed by atoms with van der Waals surface area (Å²) in [7, 11) is 0. The molecule has 2 aromatic rings. The number of amides is 1. The van der Waals surface area contributed by atoms with Crippen LogP contribution in [0.25, 0.3) is 0 Å². The molecule has 1 aromatic heterocycles. The molecule has 0 saturated heterocycles. The SMILES string of the molecule is C[C@@H](Nc1ccc2c(c1)CCO2)C(=O)N1CCc2sccc2C1. The molecule has 0 unspecified atom stereocenters. The topological polar surface area (TPSA) is 41.6 Å². The van der Waals surface area contributed by atoms with Gasteiger partial charge >= 0.3 is 0 Å². The van der Waals surface area contributed by atoms with Gasteiger partial charge in [0.05, 0.1) is 6.61 Å². The summed E-state index contributed by atoms with van der Waals surface area (Å²) in [6.45, 7) is 4.25. The number of nitrogens with one attached hydrogen (secondary N) is 1. The minimum Gasteiger partial charge on any atom is -0.493 e. The average Bonchev–Trinajstić information content (AvgIpc) is 3.21. The van der Waals surface area contributed by atoms with Crippen LogP contribution < -0.4 is 10.1 Å². The van der Waals surface area contributed by atoms with Crippen LogP contribution in [0.5, 0.6) is 5.75 Å². The summed E-state index contributed by atoms with van der Waals surface area (Å²) in [5.74, 6) is 1.13. The van der Waals surface area contributed by atoms with Crippen molar-refractivity contribution < 1.29 is 9.53 Å². The monoisotopic (exact) mass is 328 g/mol. The second kappa shape index (κ2) is 5.89. The standard InChI is InChI=1S/C18H20N2O2S/c1-12(19-15-2-3-16-13(10-15)5-8-22-16)18(21)20-7-4-17-14(11-20)6-9-23-17/h2-3,6,9-10,12,19H,4-5,7-8,11H2,1H3/t12-/m1/s1. The molecule has 0 aliphatic carbocycles. The van der Waals surface area contributed by atoms with E-state index in [2.05, 4.69) is 22.8 Å². The molecular weight excluding hydrogens is 308 g/mol. The second-order valence-electron chi connectivity index (χ2n) is 6.17. The molecule has 3 heterocycles. The van der Waals surface area contributed by atoms with Crippen LogP contribution in [-0.4, -0.2) is 30.0 Å². The number of anilines is 1. The number of carbonyl (C=O) groups excluding carboxylic acids is 1. The first-order valence-corrected chi connectivity index (χ1v) is 8.95. The zero-order chi connectivity index (χ0) is 15.8. The zero-order valence-corrected chi connectivity index (χ0v) is 14.0. The molecule has 4 nitrogen and oxygen atoms in total. The molecular formula is C18H20N2O2S. The van der Waals surface area contributed by atoms with Crippen molar-refractivity contribution in [2.75, 3.05) is 18.5 Å². The van der Waals surface area contributed by atoms with Gasteiger partial charge in [-0.25, -0.2) is 0 Å². The summed E-state index contributed by atoms with van der Waals surface area (Å²) in [6, 6.07) is 7.98. The van der Waals surface area contributed by atoms with Gasteiger partial charge in [0.1, 0.15) is 11.8 Å². The molecule has 120 valence electrons. The van der Waals surface area contributed by atoms with E-state index in [9.17, 15) is 4.79 Å². The lowest BCUT2D eigenvalue weighted by Crippen LogP contribution is -2.43. The fourth-order valence-corrected chi connectivity index (χ4v) is 4.19. The number of rotatable bonds is 3. The van der Waals surface area contributed by atoms with Crippen LogP contribution in [0, 0.1) is 0 Å². The molecule has 1 aromatic carbocycles. The van der Waals surface area contributed by atoms with Crippen LogP contribution in [-0.2, 0) is 24.2 Å². The van der Waals surface area contributed by atoms with Gasteiger partial charge in [-0.15, -0.1) is 11.3 Å². The number of nitrogens with zero attached hydrogens (tertiary/aromatic N) is 1. The van der Waals surface area contributed by atoms with Crippen molar-refractivity contribution in [1.82, 2.24) is 4.90 Å². The van der Waals surface area contributed by atoms with E-state index in [1.807, 2.05) is 24.0 Å². The van der Waals surface area contributed by atoms with Crippen LogP contribution in [0.2, 0.25) is 0 Å².